The number of hydrogen-bond acceptors (Lipinski definition) is 5. The number of hydrogen-bond donors (Lipinski definition) is 2. The van der Waals surface area contributed by atoms with Crippen LogP contribution in [0, 0.1) is 6.92 Å². The van der Waals surface area contributed by atoms with Gasteiger partial charge in [-0.15, -0.1) is 0 Å². The average molecular weight is 431 g/mol. The number of phenols is 2. The summed E-state index contributed by atoms with van der Waals surface area (Å²) in [7, 11) is 1.33. The minimum absolute atomic E-state index is 0.0313. The molecule has 3 aromatic carbocycles. The molecule has 0 aliphatic rings. The Morgan fingerprint density at radius 2 is 1.34 bits per heavy atom. The highest BCUT2D eigenvalue weighted by Crippen LogP contribution is 2.41. The fourth-order valence-electron chi connectivity index (χ4n) is 3.06. The van der Waals surface area contributed by atoms with Crippen molar-refractivity contribution in [3.05, 3.63) is 86.4 Å². The minimum Gasteiger partial charge on any atom is -0.504 e. The first-order chi connectivity index (χ1) is 13.8. The predicted molar refractivity (Wildman–Crippen MR) is 111 cm³/mol. The molecule has 29 heavy (non-hydrogen) atoms. The summed E-state index contributed by atoms with van der Waals surface area (Å²) in [4.78, 5) is 26.4. The van der Waals surface area contributed by atoms with Crippen molar-refractivity contribution in [1.29, 1.82) is 0 Å². The second-order valence-electron chi connectivity index (χ2n) is 6.27. The van der Waals surface area contributed by atoms with Gasteiger partial charge in [-0.05, 0) is 30.7 Å². The van der Waals surface area contributed by atoms with Gasteiger partial charge in [-0.25, -0.2) is 0 Å². The summed E-state index contributed by atoms with van der Waals surface area (Å²) in [5.74, 6) is -2.31. The van der Waals surface area contributed by atoms with E-state index in [1.807, 2.05) is 0 Å². The van der Waals surface area contributed by atoms with Crippen LogP contribution in [0.2, 0.25) is 10.0 Å². The quantitative estimate of drug-likeness (QED) is 0.430. The highest BCUT2D eigenvalue weighted by molar-refractivity contribution is 6.41. The molecule has 0 bridgehead atoms. The van der Waals surface area contributed by atoms with Crippen LogP contribution in [0.4, 0.5) is 0 Å². The van der Waals surface area contributed by atoms with Crippen LogP contribution < -0.4 is 4.74 Å². The molecule has 0 unspecified atom stereocenters. The Bertz CT molecular complexity index is 1120. The minimum atomic E-state index is -0.634. The number of rotatable bonds is 5. The fourth-order valence-corrected chi connectivity index (χ4v) is 3.63. The third-order valence-corrected chi connectivity index (χ3v) is 5.12. The van der Waals surface area contributed by atoms with E-state index in [9.17, 15) is 19.8 Å². The normalized spacial score (nSPS) is 10.6. The van der Waals surface area contributed by atoms with Crippen LogP contribution in [-0.2, 0) is 0 Å². The molecule has 5 nitrogen and oxygen atoms in total. The number of carbonyl (C=O) groups excluding carboxylic acids is 2. The molecule has 0 aliphatic heterocycles. The molecule has 0 saturated carbocycles. The predicted octanol–water partition coefficient (Wildman–Crippen LogP) is 5.18. The van der Waals surface area contributed by atoms with Crippen LogP contribution in [0.25, 0.3) is 0 Å². The highest BCUT2D eigenvalue weighted by Gasteiger charge is 2.27. The van der Waals surface area contributed by atoms with Gasteiger partial charge in [-0.2, -0.15) is 0 Å². The Kier molecular flexibility index (Phi) is 5.82. The van der Waals surface area contributed by atoms with E-state index < -0.39 is 23.1 Å². The van der Waals surface area contributed by atoms with Crippen molar-refractivity contribution < 1.29 is 24.5 Å². The summed E-state index contributed by atoms with van der Waals surface area (Å²) in [6, 6.07) is 12.2. The molecular weight excluding hydrogens is 415 g/mol. The standard InChI is InChI=1S/C22H16Cl2O5/c1-11-10-16(29-2)21(27)22(28)17(11)19(25)12-6-3-4-7-13(12)20(26)18-14(23)8-5-9-15(18)24/h3-10,27-28H,1-2H3. The van der Waals surface area contributed by atoms with Gasteiger partial charge in [0.05, 0.1) is 28.3 Å². The molecule has 148 valence electrons. The van der Waals surface area contributed by atoms with Crippen molar-refractivity contribution in [2.75, 3.05) is 7.11 Å². The maximum atomic E-state index is 13.2. The third-order valence-electron chi connectivity index (χ3n) is 4.49. The number of benzene rings is 3. The number of carbonyl (C=O) groups is 2. The van der Waals surface area contributed by atoms with Crippen molar-refractivity contribution in [2.24, 2.45) is 0 Å². The van der Waals surface area contributed by atoms with Crippen LogP contribution in [0.15, 0.2) is 48.5 Å². The van der Waals surface area contributed by atoms with E-state index >= 15 is 0 Å². The summed E-state index contributed by atoms with van der Waals surface area (Å²) in [6.07, 6.45) is 0. The number of ether oxygens (including phenoxy) is 1. The van der Waals surface area contributed by atoms with E-state index in [2.05, 4.69) is 0 Å². The van der Waals surface area contributed by atoms with Gasteiger partial charge in [0.25, 0.3) is 0 Å². The van der Waals surface area contributed by atoms with Crippen molar-refractivity contribution in [1.82, 2.24) is 0 Å². The number of aromatic hydroxyl groups is 2. The first-order valence-corrected chi connectivity index (χ1v) is 9.25. The zero-order valence-corrected chi connectivity index (χ0v) is 17.0. The molecule has 2 N–H and O–H groups in total. The molecule has 0 heterocycles. The second kappa shape index (κ2) is 8.15. The van der Waals surface area contributed by atoms with Gasteiger partial charge in [0.15, 0.2) is 23.1 Å². The zero-order valence-electron chi connectivity index (χ0n) is 15.5. The zero-order chi connectivity index (χ0) is 21.3. The van der Waals surface area contributed by atoms with Crippen LogP contribution in [0.3, 0.4) is 0 Å². The van der Waals surface area contributed by atoms with Crippen LogP contribution in [0.1, 0.15) is 37.4 Å². The van der Waals surface area contributed by atoms with Crippen LogP contribution in [0.5, 0.6) is 17.2 Å². The first-order valence-electron chi connectivity index (χ1n) is 8.49. The lowest BCUT2D eigenvalue weighted by molar-refractivity contribution is 0.100. The van der Waals surface area contributed by atoms with Crippen molar-refractivity contribution in [3.8, 4) is 17.2 Å². The van der Waals surface area contributed by atoms with E-state index in [1.54, 1.807) is 25.1 Å². The van der Waals surface area contributed by atoms with E-state index in [0.717, 1.165) is 0 Å². The maximum absolute atomic E-state index is 13.2. The van der Waals surface area contributed by atoms with Gasteiger partial charge in [-0.3, -0.25) is 9.59 Å². The smallest absolute Gasteiger partial charge is 0.201 e. The number of phenolic OH excluding ortho intramolecular Hbond substituents is 2. The van der Waals surface area contributed by atoms with E-state index in [4.69, 9.17) is 27.9 Å². The summed E-state index contributed by atoms with van der Waals surface area (Å²) < 4.78 is 4.99. The summed E-state index contributed by atoms with van der Waals surface area (Å²) in [5.41, 5.74) is 0.432. The van der Waals surface area contributed by atoms with Gasteiger partial charge in [0, 0.05) is 11.1 Å². The molecule has 0 saturated heterocycles. The van der Waals surface area contributed by atoms with E-state index in [1.165, 1.54) is 37.4 Å². The SMILES string of the molecule is COc1cc(C)c(C(=O)c2ccccc2C(=O)c2c(Cl)cccc2Cl)c(O)c1O. The molecular formula is C22H16Cl2O5. The van der Waals surface area contributed by atoms with E-state index in [-0.39, 0.29) is 38.0 Å². The van der Waals surface area contributed by atoms with Gasteiger partial charge < -0.3 is 14.9 Å². The lowest BCUT2D eigenvalue weighted by Gasteiger charge is -2.14. The Hall–Kier alpha value is -3.02. The molecule has 0 radical (unpaired) electrons. The van der Waals surface area contributed by atoms with Crippen LogP contribution in [-0.4, -0.2) is 28.9 Å². The number of halogens is 2. The summed E-state index contributed by atoms with van der Waals surface area (Å²) >= 11 is 12.3. The monoisotopic (exact) mass is 430 g/mol. The van der Waals surface area contributed by atoms with Crippen LogP contribution >= 0.6 is 23.2 Å². The number of ketones is 2. The molecule has 0 spiro atoms. The van der Waals surface area contributed by atoms with Gasteiger partial charge in [0.2, 0.25) is 5.75 Å². The summed E-state index contributed by atoms with van der Waals surface area (Å²) in [6.45, 7) is 1.59. The van der Waals surface area contributed by atoms with Crippen molar-refractivity contribution >= 4 is 34.8 Å². The topological polar surface area (TPSA) is 83.8 Å². The lowest BCUT2D eigenvalue weighted by Crippen LogP contribution is -2.13. The first kappa shape index (κ1) is 20.7. The fraction of sp³-hybridized carbons (Fsp3) is 0.0909. The molecule has 0 fully saturated rings. The van der Waals surface area contributed by atoms with Gasteiger partial charge in [0.1, 0.15) is 0 Å². The highest BCUT2D eigenvalue weighted by atomic mass is 35.5. The molecule has 0 aromatic heterocycles. The maximum Gasteiger partial charge on any atom is 0.201 e. The second-order valence-corrected chi connectivity index (χ2v) is 7.08. The molecule has 3 aromatic rings. The molecule has 0 aliphatic carbocycles. The molecule has 0 atom stereocenters. The molecule has 3 rings (SSSR count). The molecule has 0 amide bonds. The Balaban J connectivity index is 2.17. The van der Waals surface area contributed by atoms with Crippen molar-refractivity contribution in [2.45, 2.75) is 6.92 Å². The van der Waals surface area contributed by atoms with E-state index in [0.29, 0.717) is 5.56 Å². The van der Waals surface area contributed by atoms with Gasteiger partial charge in [-0.1, -0.05) is 53.5 Å². The van der Waals surface area contributed by atoms with Crippen molar-refractivity contribution in [3.63, 3.8) is 0 Å². The molecule has 7 heteroatoms. The average Bonchev–Trinajstić information content (AvgIpc) is 2.70. The largest absolute Gasteiger partial charge is 0.504 e. The Morgan fingerprint density at radius 3 is 1.86 bits per heavy atom. The number of aryl methyl sites for hydroxylation is 1. The lowest BCUT2D eigenvalue weighted by atomic mass is 9.91. The number of methoxy groups -OCH3 is 1. The van der Waals surface area contributed by atoms with Gasteiger partial charge >= 0.3 is 0 Å². The third kappa shape index (κ3) is 3.67. The Morgan fingerprint density at radius 1 is 0.828 bits per heavy atom. The Labute approximate surface area is 177 Å². The summed E-state index contributed by atoms with van der Waals surface area (Å²) in [5, 5.41) is 20.8.